The lowest BCUT2D eigenvalue weighted by Crippen LogP contribution is -2.20. The van der Waals surface area contributed by atoms with Crippen molar-refractivity contribution in [2.45, 2.75) is 6.92 Å². The number of fused-ring (bicyclic) bond motifs is 1. The summed E-state index contributed by atoms with van der Waals surface area (Å²) in [6.07, 6.45) is 0. The summed E-state index contributed by atoms with van der Waals surface area (Å²) >= 11 is 0. The Hall–Kier alpha value is -1.03. The van der Waals surface area contributed by atoms with Crippen molar-refractivity contribution in [1.29, 1.82) is 0 Å². The van der Waals surface area contributed by atoms with Gasteiger partial charge >= 0.3 is 0 Å². The Labute approximate surface area is 127 Å². The first kappa shape index (κ1) is 18.0. The van der Waals surface area contributed by atoms with Gasteiger partial charge in [-0.1, -0.05) is 18.2 Å². The van der Waals surface area contributed by atoms with Gasteiger partial charge in [0.25, 0.3) is 0 Å². The van der Waals surface area contributed by atoms with Crippen LogP contribution in [-0.2, 0) is 0 Å². The molecule has 0 fully saturated rings. The average molecular weight is 302 g/mol. The van der Waals surface area contributed by atoms with E-state index in [1.165, 1.54) is 11.1 Å². The van der Waals surface area contributed by atoms with E-state index in [9.17, 15) is 0 Å². The van der Waals surface area contributed by atoms with Gasteiger partial charge in [0, 0.05) is 29.9 Å². The maximum Gasteiger partial charge on any atom is 0.0725 e. The smallest absolute Gasteiger partial charge is 0.0725 e. The highest BCUT2D eigenvalue weighted by atomic mass is 35.5. The predicted molar refractivity (Wildman–Crippen MR) is 88.0 cm³/mol. The van der Waals surface area contributed by atoms with Crippen molar-refractivity contribution in [3.63, 3.8) is 0 Å². The molecule has 5 heteroatoms. The zero-order valence-electron chi connectivity index (χ0n) is 11.5. The van der Waals surface area contributed by atoms with Crippen LogP contribution in [0.1, 0.15) is 5.69 Å². The normalized spacial score (nSPS) is 9.89. The molecule has 1 N–H and O–H groups in total. The number of para-hydroxylation sites is 1. The summed E-state index contributed by atoms with van der Waals surface area (Å²) < 4.78 is 0. The maximum atomic E-state index is 4.53. The molecule has 19 heavy (non-hydrogen) atoms. The molecule has 3 nitrogen and oxygen atoms in total. The highest BCUT2D eigenvalue weighted by Crippen LogP contribution is 2.22. The van der Waals surface area contributed by atoms with Gasteiger partial charge in [-0.25, -0.2) is 0 Å². The fourth-order valence-electron chi connectivity index (χ4n) is 1.87. The lowest BCUT2D eigenvalue weighted by Gasteiger charge is -2.13. The summed E-state index contributed by atoms with van der Waals surface area (Å²) in [5, 5.41) is 4.67. The zero-order valence-corrected chi connectivity index (χ0v) is 13.1. The summed E-state index contributed by atoms with van der Waals surface area (Å²) in [6.45, 7) is 4.00. The number of nitrogens with zero attached hydrogens (tertiary/aromatic N) is 2. The van der Waals surface area contributed by atoms with Gasteiger partial charge in [0.05, 0.1) is 5.52 Å². The number of anilines is 1. The third kappa shape index (κ3) is 4.86. The van der Waals surface area contributed by atoms with E-state index in [4.69, 9.17) is 0 Å². The van der Waals surface area contributed by atoms with Crippen LogP contribution in [-0.4, -0.2) is 37.1 Å². The van der Waals surface area contributed by atoms with E-state index in [1.54, 1.807) is 0 Å². The standard InChI is InChI=1S/C14H19N3.2ClH/c1-11-10-14(15-8-9-17(2)3)12-6-4-5-7-13(12)16-11;;/h4-7,10H,8-9H2,1-3H3,(H,15,16);2*1H. The lowest BCUT2D eigenvalue weighted by atomic mass is 10.1. The summed E-state index contributed by atoms with van der Waals surface area (Å²) in [6, 6.07) is 10.4. The number of hydrogen-bond acceptors (Lipinski definition) is 3. The number of halogens is 2. The third-order valence-corrected chi connectivity index (χ3v) is 2.72. The quantitative estimate of drug-likeness (QED) is 0.938. The summed E-state index contributed by atoms with van der Waals surface area (Å²) in [5.41, 5.74) is 3.28. The minimum atomic E-state index is 0. The van der Waals surface area contributed by atoms with E-state index in [2.05, 4.69) is 53.6 Å². The van der Waals surface area contributed by atoms with Gasteiger partial charge < -0.3 is 10.2 Å². The fraction of sp³-hybridized carbons (Fsp3) is 0.357. The van der Waals surface area contributed by atoms with Crippen LogP contribution in [0, 0.1) is 6.92 Å². The molecule has 0 radical (unpaired) electrons. The number of aromatic nitrogens is 1. The topological polar surface area (TPSA) is 28.2 Å². The van der Waals surface area contributed by atoms with Crippen LogP contribution in [0.25, 0.3) is 10.9 Å². The van der Waals surface area contributed by atoms with E-state index in [0.29, 0.717) is 0 Å². The molecule has 0 amide bonds. The van der Waals surface area contributed by atoms with Gasteiger partial charge in [-0.3, -0.25) is 4.98 Å². The van der Waals surface area contributed by atoms with Crippen LogP contribution in [0.15, 0.2) is 30.3 Å². The fourth-order valence-corrected chi connectivity index (χ4v) is 1.87. The van der Waals surface area contributed by atoms with Gasteiger partial charge in [-0.2, -0.15) is 0 Å². The SMILES string of the molecule is Cc1cc(NCCN(C)C)c2ccccc2n1.Cl.Cl. The summed E-state index contributed by atoms with van der Waals surface area (Å²) in [7, 11) is 4.16. The molecule has 0 aliphatic heterocycles. The molecule has 0 atom stereocenters. The predicted octanol–water partition coefficient (Wildman–Crippen LogP) is 3.36. The van der Waals surface area contributed by atoms with E-state index < -0.39 is 0 Å². The molecule has 2 aromatic rings. The maximum absolute atomic E-state index is 4.53. The molecule has 0 aliphatic carbocycles. The molecular formula is C14H21Cl2N3. The molecule has 106 valence electrons. The molecule has 0 saturated heterocycles. The van der Waals surface area contributed by atoms with Crippen molar-refractivity contribution < 1.29 is 0 Å². The number of pyridine rings is 1. The number of rotatable bonds is 4. The molecule has 1 heterocycles. The van der Waals surface area contributed by atoms with Crippen LogP contribution >= 0.6 is 24.8 Å². The molecule has 0 aliphatic rings. The highest BCUT2D eigenvalue weighted by Gasteiger charge is 2.02. The molecule has 1 aromatic carbocycles. The second kappa shape index (κ2) is 8.20. The van der Waals surface area contributed by atoms with Gasteiger partial charge in [0.2, 0.25) is 0 Å². The first-order chi connectivity index (χ1) is 8.16. The van der Waals surface area contributed by atoms with E-state index >= 15 is 0 Å². The van der Waals surface area contributed by atoms with Gasteiger partial charge in [0.1, 0.15) is 0 Å². The van der Waals surface area contributed by atoms with Crippen LogP contribution in [0.5, 0.6) is 0 Å². The van der Waals surface area contributed by atoms with E-state index in [-0.39, 0.29) is 24.8 Å². The van der Waals surface area contributed by atoms with Crippen molar-refractivity contribution in [3.8, 4) is 0 Å². The Balaban J connectivity index is 0.00000162. The molecule has 0 unspecified atom stereocenters. The third-order valence-electron chi connectivity index (χ3n) is 2.72. The molecule has 1 aromatic heterocycles. The van der Waals surface area contributed by atoms with Gasteiger partial charge in [-0.05, 0) is 33.2 Å². The lowest BCUT2D eigenvalue weighted by molar-refractivity contribution is 0.425. The van der Waals surface area contributed by atoms with Crippen molar-refractivity contribution in [1.82, 2.24) is 9.88 Å². The number of benzene rings is 1. The van der Waals surface area contributed by atoms with Crippen molar-refractivity contribution >= 4 is 41.4 Å². The largest absolute Gasteiger partial charge is 0.383 e. The van der Waals surface area contributed by atoms with Crippen molar-refractivity contribution in [2.75, 3.05) is 32.5 Å². The van der Waals surface area contributed by atoms with E-state index in [0.717, 1.165) is 24.3 Å². The van der Waals surface area contributed by atoms with Crippen LogP contribution in [0.2, 0.25) is 0 Å². The highest BCUT2D eigenvalue weighted by molar-refractivity contribution is 5.91. The minimum absolute atomic E-state index is 0. The van der Waals surface area contributed by atoms with Crippen molar-refractivity contribution in [3.05, 3.63) is 36.0 Å². The Kier molecular flexibility index (Phi) is 7.76. The molecule has 0 bridgehead atoms. The van der Waals surface area contributed by atoms with Gasteiger partial charge in [0.15, 0.2) is 0 Å². The second-order valence-corrected chi connectivity index (χ2v) is 4.56. The van der Waals surface area contributed by atoms with Crippen molar-refractivity contribution in [2.24, 2.45) is 0 Å². The van der Waals surface area contributed by atoms with Crippen LogP contribution in [0.4, 0.5) is 5.69 Å². The average Bonchev–Trinajstić information content (AvgIpc) is 2.28. The first-order valence-corrected chi connectivity index (χ1v) is 5.92. The van der Waals surface area contributed by atoms with Crippen LogP contribution < -0.4 is 5.32 Å². The summed E-state index contributed by atoms with van der Waals surface area (Å²) in [5.74, 6) is 0. The minimum Gasteiger partial charge on any atom is -0.383 e. The number of nitrogens with one attached hydrogen (secondary N) is 1. The zero-order chi connectivity index (χ0) is 12.3. The number of hydrogen-bond donors (Lipinski definition) is 1. The molecular weight excluding hydrogens is 281 g/mol. The Morgan fingerprint density at radius 2 is 1.84 bits per heavy atom. The molecule has 0 spiro atoms. The summed E-state index contributed by atoms with van der Waals surface area (Å²) in [4.78, 5) is 6.70. The Morgan fingerprint density at radius 1 is 1.16 bits per heavy atom. The number of aryl methyl sites for hydroxylation is 1. The monoisotopic (exact) mass is 301 g/mol. The Morgan fingerprint density at radius 3 is 2.53 bits per heavy atom. The van der Waals surface area contributed by atoms with E-state index in [1.807, 2.05) is 13.0 Å². The van der Waals surface area contributed by atoms with Crippen LogP contribution in [0.3, 0.4) is 0 Å². The van der Waals surface area contributed by atoms with Gasteiger partial charge in [-0.15, -0.1) is 24.8 Å². The second-order valence-electron chi connectivity index (χ2n) is 4.56. The Bertz CT molecular complexity index is 515. The first-order valence-electron chi connectivity index (χ1n) is 5.92. The number of likely N-dealkylation sites (N-methyl/N-ethyl adjacent to an activating group) is 1. The molecule has 2 rings (SSSR count). The molecule has 0 saturated carbocycles.